The van der Waals surface area contributed by atoms with Crippen molar-refractivity contribution in [1.29, 1.82) is 0 Å². The van der Waals surface area contributed by atoms with Crippen LogP contribution in [-0.4, -0.2) is 36.5 Å². The van der Waals surface area contributed by atoms with Crippen LogP contribution in [0.1, 0.15) is 71.1 Å². The molecule has 4 aliphatic carbocycles. The highest BCUT2D eigenvalue weighted by atomic mass is 16.5. The average Bonchev–Trinajstić information content (AvgIpc) is 3.35. The summed E-state index contributed by atoms with van der Waals surface area (Å²) in [6.07, 6.45) is 12.4. The quantitative estimate of drug-likeness (QED) is 0.767. The Morgan fingerprint density at radius 2 is 2.04 bits per heavy atom. The SMILES string of the molecule is COC(CC1CCCC2(C)C(C(=O)CO)CCC12)C1=CC(=O)CCC12CC2. The lowest BCUT2D eigenvalue weighted by molar-refractivity contribution is -0.130. The van der Waals surface area contributed by atoms with E-state index < -0.39 is 0 Å². The maximum absolute atomic E-state index is 12.3. The van der Waals surface area contributed by atoms with Crippen LogP contribution < -0.4 is 0 Å². The molecular weight excluding hydrogens is 340 g/mol. The fraction of sp³-hybridized carbons (Fsp3) is 0.826. The van der Waals surface area contributed by atoms with E-state index in [0.717, 1.165) is 38.5 Å². The van der Waals surface area contributed by atoms with E-state index in [1.807, 2.05) is 6.08 Å². The van der Waals surface area contributed by atoms with Gasteiger partial charge in [-0.25, -0.2) is 0 Å². The van der Waals surface area contributed by atoms with Crippen molar-refractivity contribution in [3.63, 3.8) is 0 Å². The molecule has 4 nitrogen and oxygen atoms in total. The molecule has 0 amide bonds. The van der Waals surface area contributed by atoms with E-state index in [1.165, 1.54) is 24.8 Å². The minimum atomic E-state index is -0.324. The number of hydrogen-bond donors (Lipinski definition) is 1. The summed E-state index contributed by atoms with van der Waals surface area (Å²) in [4.78, 5) is 24.4. The van der Waals surface area contributed by atoms with Crippen molar-refractivity contribution in [3.8, 4) is 0 Å². The van der Waals surface area contributed by atoms with Gasteiger partial charge in [-0.2, -0.15) is 0 Å². The van der Waals surface area contributed by atoms with Crippen LogP contribution in [0.4, 0.5) is 0 Å². The Bertz CT molecular complexity index is 647. The molecule has 0 aromatic rings. The molecular formula is C23H34O4. The molecule has 5 unspecified atom stereocenters. The van der Waals surface area contributed by atoms with Crippen molar-refractivity contribution in [2.45, 2.75) is 77.2 Å². The standard InChI is InChI=1S/C23H34O4/c1-22-8-3-4-15(17(22)5-6-18(22)20(26)14-24)12-21(27-2)19-13-16(25)7-9-23(19)10-11-23/h13,15,17-18,21,24H,3-12,14H2,1-2H3. The van der Waals surface area contributed by atoms with E-state index in [1.54, 1.807) is 7.11 Å². The highest BCUT2D eigenvalue weighted by Crippen LogP contribution is 2.61. The number of carbonyl (C=O) groups is 2. The summed E-state index contributed by atoms with van der Waals surface area (Å²) in [7, 11) is 1.79. The van der Waals surface area contributed by atoms with Crippen molar-refractivity contribution < 1.29 is 19.4 Å². The third kappa shape index (κ3) is 3.23. The summed E-state index contributed by atoms with van der Waals surface area (Å²) in [6, 6.07) is 0. The lowest BCUT2D eigenvalue weighted by Gasteiger charge is -2.46. The minimum Gasteiger partial charge on any atom is -0.389 e. The molecule has 0 saturated heterocycles. The average molecular weight is 375 g/mol. The molecule has 0 radical (unpaired) electrons. The van der Waals surface area contributed by atoms with E-state index in [4.69, 9.17) is 4.74 Å². The second-order valence-corrected chi connectivity index (χ2v) is 9.83. The normalized spacial score (nSPS) is 38.4. The first-order valence-corrected chi connectivity index (χ1v) is 10.8. The molecule has 150 valence electrons. The molecule has 0 bridgehead atoms. The maximum atomic E-state index is 12.3. The molecule has 0 heterocycles. The number of carbonyl (C=O) groups excluding carboxylic acids is 2. The first-order valence-electron chi connectivity index (χ1n) is 10.8. The van der Waals surface area contributed by atoms with Gasteiger partial charge in [-0.3, -0.25) is 9.59 Å². The summed E-state index contributed by atoms with van der Waals surface area (Å²) in [5, 5.41) is 9.40. The van der Waals surface area contributed by atoms with Crippen LogP contribution in [0.15, 0.2) is 11.6 Å². The van der Waals surface area contributed by atoms with Gasteiger partial charge < -0.3 is 9.84 Å². The highest BCUT2D eigenvalue weighted by molar-refractivity contribution is 5.92. The molecule has 4 heteroatoms. The number of ketones is 2. The smallest absolute Gasteiger partial charge is 0.161 e. The van der Waals surface area contributed by atoms with Crippen LogP contribution in [-0.2, 0) is 14.3 Å². The molecule has 0 aromatic carbocycles. The Kier molecular flexibility index (Phi) is 5.09. The zero-order valence-corrected chi connectivity index (χ0v) is 16.8. The van der Waals surface area contributed by atoms with Gasteiger partial charge in [0.05, 0.1) is 6.10 Å². The largest absolute Gasteiger partial charge is 0.389 e. The van der Waals surface area contributed by atoms with Gasteiger partial charge in [0.15, 0.2) is 11.6 Å². The molecule has 3 fully saturated rings. The second kappa shape index (κ2) is 7.11. The predicted molar refractivity (Wildman–Crippen MR) is 103 cm³/mol. The van der Waals surface area contributed by atoms with Gasteiger partial charge in [-0.15, -0.1) is 0 Å². The van der Waals surface area contributed by atoms with Gasteiger partial charge in [0.1, 0.15) is 6.61 Å². The lowest BCUT2D eigenvalue weighted by atomic mass is 9.59. The Hall–Kier alpha value is -1.00. The summed E-state index contributed by atoms with van der Waals surface area (Å²) in [5.74, 6) is 1.37. The van der Waals surface area contributed by atoms with E-state index in [9.17, 15) is 14.7 Å². The van der Waals surface area contributed by atoms with Gasteiger partial charge in [0, 0.05) is 19.4 Å². The van der Waals surface area contributed by atoms with Crippen LogP contribution in [0.3, 0.4) is 0 Å². The van der Waals surface area contributed by atoms with Crippen LogP contribution >= 0.6 is 0 Å². The lowest BCUT2D eigenvalue weighted by Crippen LogP contribution is -2.42. The number of aliphatic hydroxyl groups is 1. The van der Waals surface area contributed by atoms with Gasteiger partial charge in [0.2, 0.25) is 0 Å². The van der Waals surface area contributed by atoms with E-state index in [2.05, 4.69) is 6.92 Å². The first kappa shape index (κ1) is 19.3. The van der Waals surface area contributed by atoms with Crippen molar-refractivity contribution in [1.82, 2.24) is 0 Å². The van der Waals surface area contributed by atoms with Crippen LogP contribution in [0.5, 0.6) is 0 Å². The van der Waals surface area contributed by atoms with Crippen LogP contribution in [0, 0.1) is 28.6 Å². The van der Waals surface area contributed by atoms with Crippen molar-refractivity contribution in [2.24, 2.45) is 28.6 Å². The zero-order chi connectivity index (χ0) is 19.2. The fourth-order valence-corrected chi connectivity index (χ4v) is 6.92. The van der Waals surface area contributed by atoms with Crippen LogP contribution in [0.2, 0.25) is 0 Å². The molecule has 5 atom stereocenters. The first-order chi connectivity index (χ1) is 12.9. The number of rotatable bonds is 6. The molecule has 1 spiro atoms. The maximum Gasteiger partial charge on any atom is 0.161 e. The van der Waals surface area contributed by atoms with Crippen LogP contribution in [0.25, 0.3) is 0 Å². The Morgan fingerprint density at radius 3 is 2.70 bits per heavy atom. The number of aliphatic hydroxyl groups excluding tert-OH is 1. The Labute approximate surface area is 162 Å². The van der Waals surface area contributed by atoms with Crippen molar-refractivity contribution >= 4 is 11.6 Å². The highest BCUT2D eigenvalue weighted by Gasteiger charge is 2.55. The third-order valence-electron chi connectivity index (χ3n) is 8.59. The number of Topliss-reactive ketones (excluding diaryl/α,β-unsaturated/α-hetero) is 1. The summed E-state index contributed by atoms with van der Waals surface area (Å²) in [6.45, 7) is 1.96. The van der Waals surface area contributed by atoms with E-state index >= 15 is 0 Å². The monoisotopic (exact) mass is 374 g/mol. The van der Waals surface area contributed by atoms with Crippen molar-refractivity contribution in [2.75, 3.05) is 13.7 Å². The summed E-state index contributed by atoms with van der Waals surface area (Å²) < 4.78 is 5.97. The molecule has 4 rings (SSSR count). The summed E-state index contributed by atoms with van der Waals surface area (Å²) >= 11 is 0. The van der Waals surface area contributed by atoms with Gasteiger partial charge >= 0.3 is 0 Å². The molecule has 0 aliphatic heterocycles. The number of fused-ring (bicyclic) bond motifs is 1. The minimum absolute atomic E-state index is 0.0153. The molecule has 1 N–H and O–H groups in total. The van der Waals surface area contributed by atoms with E-state index in [-0.39, 0.29) is 41.0 Å². The topological polar surface area (TPSA) is 63.6 Å². The predicted octanol–water partition coefficient (Wildman–Crippen LogP) is 3.86. The van der Waals surface area contributed by atoms with Gasteiger partial charge in [-0.05, 0) is 79.3 Å². The number of ether oxygens (including phenoxy) is 1. The molecule has 4 aliphatic rings. The second-order valence-electron chi connectivity index (χ2n) is 9.83. The fourth-order valence-electron chi connectivity index (χ4n) is 6.92. The van der Waals surface area contributed by atoms with Gasteiger partial charge in [-0.1, -0.05) is 19.8 Å². The Balaban J connectivity index is 1.53. The number of allylic oxidation sites excluding steroid dienone is 1. The molecule has 27 heavy (non-hydrogen) atoms. The zero-order valence-electron chi connectivity index (χ0n) is 16.8. The number of methoxy groups -OCH3 is 1. The van der Waals surface area contributed by atoms with Crippen molar-refractivity contribution in [3.05, 3.63) is 11.6 Å². The number of hydrogen-bond acceptors (Lipinski definition) is 4. The van der Waals surface area contributed by atoms with Gasteiger partial charge in [0.25, 0.3) is 0 Å². The third-order valence-corrected chi connectivity index (χ3v) is 8.59. The molecule has 3 saturated carbocycles. The molecule has 0 aromatic heterocycles. The van der Waals surface area contributed by atoms with E-state index in [0.29, 0.717) is 18.3 Å². The summed E-state index contributed by atoms with van der Waals surface area (Å²) in [5.41, 5.74) is 1.53. The Morgan fingerprint density at radius 1 is 1.26 bits per heavy atom.